The molecule has 1 N–H and O–H groups in total. The summed E-state index contributed by atoms with van der Waals surface area (Å²) in [5.41, 5.74) is 0. The predicted molar refractivity (Wildman–Crippen MR) is 168 cm³/mol. The van der Waals surface area contributed by atoms with Gasteiger partial charge in [0.1, 0.15) is 23.6 Å². The van der Waals surface area contributed by atoms with Crippen molar-refractivity contribution in [2.75, 3.05) is 6.66 Å². The van der Waals surface area contributed by atoms with Gasteiger partial charge in [-0.3, -0.25) is 0 Å². The van der Waals surface area contributed by atoms with Crippen LogP contribution in [0.4, 0.5) is 0 Å². The lowest BCUT2D eigenvalue weighted by Gasteiger charge is -2.26. The fourth-order valence-corrected chi connectivity index (χ4v) is 7.20. The normalized spacial score (nSPS) is 11.5. The highest BCUT2D eigenvalue weighted by Gasteiger charge is 2.41. The van der Waals surface area contributed by atoms with E-state index in [1.54, 1.807) is 41.7 Å². The zero-order valence-electron chi connectivity index (χ0n) is 22.2. The van der Waals surface area contributed by atoms with Gasteiger partial charge in [-0.15, -0.1) is 5.75 Å². The molecular weight excluding hydrogens is 483 g/mol. The van der Waals surface area contributed by atoms with E-state index in [4.69, 9.17) is 5.11 Å². The van der Waals surface area contributed by atoms with E-state index in [9.17, 15) is 5.11 Å². The van der Waals surface area contributed by atoms with Crippen molar-refractivity contribution >= 4 is 17.9 Å². The molecule has 4 aromatic carbocycles. The average Bonchev–Trinajstić information content (AvgIpc) is 2.96. The lowest BCUT2D eigenvalue weighted by atomic mass is 10.2. The van der Waals surface area contributed by atoms with Crippen molar-refractivity contribution < 1.29 is 10.2 Å². The third-order valence-electron chi connectivity index (χ3n) is 5.61. The van der Waals surface area contributed by atoms with E-state index >= 15 is 0 Å². The van der Waals surface area contributed by atoms with E-state index in [2.05, 4.69) is 99.4 Å². The first-order valence-corrected chi connectivity index (χ1v) is 15.1. The highest BCUT2D eigenvalue weighted by molar-refractivity contribution is 7.92. The number of phenolic OH excluding ortho intramolecular Hbond substituents is 1. The molecule has 1 aliphatic rings. The summed E-state index contributed by atoms with van der Waals surface area (Å²) in [6.07, 6.45) is 10.4. The Hall–Kier alpha value is -3.61. The lowest BCUT2D eigenvalue weighted by molar-refractivity contribution is -0.268. The Morgan fingerprint density at radius 1 is 0.684 bits per heavy atom. The molecular formula is C35H43O2P. The molecule has 0 fully saturated rings. The molecule has 0 heterocycles. The summed E-state index contributed by atoms with van der Waals surface area (Å²) in [5, 5.41) is 23.5. The first kappa shape index (κ1) is 32.4. The highest BCUT2D eigenvalue weighted by Crippen LogP contribution is 2.62. The van der Waals surface area contributed by atoms with Crippen LogP contribution in [0.3, 0.4) is 0 Å². The minimum absolute atomic E-state index is 0. The third-order valence-corrected chi connectivity index (χ3v) is 9.79. The second kappa shape index (κ2) is 18.6. The molecule has 0 radical (unpaired) electrons. The summed E-state index contributed by atoms with van der Waals surface area (Å²) in [6, 6.07) is 39.1. The van der Waals surface area contributed by atoms with Crippen LogP contribution < -0.4 is 15.7 Å². The van der Waals surface area contributed by atoms with Crippen molar-refractivity contribution in [1.82, 2.24) is 0 Å². The van der Waals surface area contributed by atoms with Crippen LogP contribution in [0.1, 0.15) is 40.5 Å². The second-order valence-corrected chi connectivity index (χ2v) is 12.3. The summed E-state index contributed by atoms with van der Waals surface area (Å²) in [6.45, 7) is 6.71. The molecule has 200 valence electrons. The Bertz CT molecular complexity index is 1090. The fraction of sp³-hybridized carbons (Fsp3) is 0.200. The number of aromatic hydroxyl groups is 1. The van der Waals surface area contributed by atoms with Gasteiger partial charge in [-0.2, -0.15) is 0 Å². The summed E-state index contributed by atoms with van der Waals surface area (Å²) >= 11 is 0. The summed E-state index contributed by atoms with van der Waals surface area (Å²) in [4.78, 5) is 0. The van der Waals surface area contributed by atoms with Crippen molar-refractivity contribution in [3.8, 4) is 11.5 Å². The maximum Gasteiger partial charge on any atom is 0.115 e. The van der Waals surface area contributed by atoms with Crippen LogP contribution in [-0.4, -0.2) is 11.8 Å². The third kappa shape index (κ3) is 10.8. The molecule has 1 aliphatic carbocycles. The summed E-state index contributed by atoms with van der Waals surface area (Å²) < 4.78 is 0. The average molecular weight is 527 g/mol. The molecule has 0 aromatic heterocycles. The Morgan fingerprint density at radius 2 is 1.08 bits per heavy atom. The van der Waals surface area contributed by atoms with Gasteiger partial charge in [-0.1, -0.05) is 125 Å². The second-order valence-electron chi connectivity index (χ2n) is 8.66. The van der Waals surface area contributed by atoms with Gasteiger partial charge >= 0.3 is 0 Å². The quantitative estimate of drug-likeness (QED) is 0.271. The van der Waals surface area contributed by atoms with Gasteiger partial charge < -0.3 is 10.2 Å². The van der Waals surface area contributed by atoms with Crippen LogP contribution in [0.15, 0.2) is 145 Å². The van der Waals surface area contributed by atoms with E-state index in [0.29, 0.717) is 5.75 Å². The number of hydrogen-bond donors (Lipinski definition) is 1. The molecule has 0 amide bonds. The van der Waals surface area contributed by atoms with Gasteiger partial charge in [0.15, 0.2) is 0 Å². The SMILES string of the molecule is C.CCC.C[P+](C1=CC=CCC1)(c1ccccc1)c1ccccc1.Oc1ccccc1.[O-]c1ccccc1. The molecule has 3 heteroatoms. The molecule has 0 saturated carbocycles. The first-order chi connectivity index (χ1) is 18.0. The fourth-order valence-electron chi connectivity index (χ4n) is 3.74. The van der Waals surface area contributed by atoms with E-state index in [1.807, 2.05) is 12.1 Å². The van der Waals surface area contributed by atoms with Crippen LogP contribution in [0, 0.1) is 0 Å². The topological polar surface area (TPSA) is 43.3 Å². The molecule has 0 spiro atoms. The van der Waals surface area contributed by atoms with Gasteiger partial charge in [0.2, 0.25) is 0 Å². The molecule has 5 rings (SSSR count). The van der Waals surface area contributed by atoms with Crippen LogP contribution >= 0.6 is 7.26 Å². The molecule has 0 saturated heterocycles. The van der Waals surface area contributed by atoms with E-state index < -0.39 is 7.26 Å². The number of benzene rings is 4. The van der Waals surface area contributed by atoms with Crippen molar-refractivity contribution in [3.05, 3.63) is 145 Å². The van der Waals surface area contributed by atoms with Gasteiger partial charge in [0, 0.05) is 6.42 Å². The Balaban J connectivity index is 0.000000329. The minimum Gasteiger partial charge on any atom is -0.872 e. The molecule has 0 atom stereocenters. The van der Waals surface area contributed by atoms with Gasteiger partial charge in [-0.25, -0.2) is 0 Å². The summed E-state index contributed by atoms with van der Waals surface area (Å²) in [5.74, 6) is 0.394. The summed E-state index contributed by atoms with van der Waals surface area (Å²) in [7, 11) is -1.44. The Morgan fingerprint density at radius 3 is 1.37 bits per heavy atom. The monoisotopic (exact) mass is 526 g/mol. The standard InChI is InChI=1S/C19H20P.2C6H6O.C3H8.CH4/c1-20(17-11-5-2-6-12-17,18-13-7-3-8-14-18)19-15-9-4-10-16-19;2*7-6-4-2-1-3-5-6;1-3-2;/h2-9,11-15H,10,16H2,1H3;2*1-5,7H;3H2,1-2H3;1H4/q+1;;;;/p-1. The van der Waals surface area contributed by atoms with Crippen molar-refractivity contribution in [2.24, 2.45) is 0 Å². The molecule has 38 heavy (non-hydrogen) atoms. The maximum atomic E-state index is 10.3. The van der Waals surface area contributed by atoms with E-state index in [-0.39, 0.29) is 13.2 Å². The molecule has 0 bridgehead atoms. The van der Waals surface area contributed by atoms with Gasteiger partial charge in [0.25, 0.3) is 0 Å². The van der Waals surface area contributed by atoms with Crippen LogP contribution in [-0.2, 0) is 0 Å². The van der Waals surface area contributed by atoms with E-state index in [0.717, 1.165) is 0 Å². The highest BCUT2D eigenvalue weighted by atomic mass is 31.2. The molecule has 2 nitrogen and oxygen atoms in total. The number of allylic oxidation sites excluding steroid dienone is 4. The number of hydrogen-bond acceptors (Lipinski definition) is 2. The van der Waals surface area contributed by atoms with Gasteiger partial charge in [0.05, 0.1) is 12.0 Å². The number of rotatable bonds is 3. The van der Waals surface area contributed by atoms with Crippen LogP contribution in [0.2, 0.25) is 0 Å². The van der Waals surface area contributed by atoms with E-state index in [1.165, 1.54) is 42.0 Å². The minimum atomic E-state index is -1.44. The number of phenols is 1. The zero-order chi connectivity index (χ0) is 26.8. The Labute approximate surface area is 231 Å². The molecule has 0 aliphatic heterocycles. The largest absolute Gasteiger partial charge is 0.872 e. The maximum absolute atomic E-state index is 10.3. The van der Waals surface area contributed by atoms with Crippen molar-refractivity contribution in [2.45, 2.75) is 40.5 Å². The zero-order valence-corrected chi connectivity index (χ0v) is 23.1. The van der Waals surface area contributed by atoms with Crippen LogP contribution in [0.5, 0.6) is 11.5 Å². The van der Waals surface area contributed by atoms with Crippen molar-refractivity contribution in [3.63, 3.8) is 0 Å². The number of para-hydroxylation sites is 2. The predicted octanol–water partition coefficient (Wildman–Crippen LogP) is 8.72. The Kier molecular flexibility index (Phi) is 15.9. The first-order valence-electron chi connectivity index (χ1n) is 12.8. The molecule has 0 unspecified atom stereocenters. The lowest BCUT2D eigenvalue weighted by Crippen LogP contribution is -2.23. The molecule has 4 aromatic rings. The van der Waals surface area contributed by atoms with Gasteiger partial charge in [-0.05, 0) is 48.9 Å². The van der Waals surface area contributed by atoms with Crippen molar-refractivity contribution in [1.29, 1.82) is 0 Å². The smallest absolute Gasteiger partial charge is 0.115 e. The van der Waals surface area contributed by atoms with Crippen LogP contribution in [0.25, 0.3) is 0 Å².